The molecule has 3 heterocycles. The Morgan fingerprint density at radius 1 is 1.10 bits per heavy atom. The molecule has 1 unspecified atom stereocenters. The Balaban J connectivity index is 1.27. The van der Waals surface area contributed by atoms with Crippen LogP contribution in [0.1, 0.15) is 63.5 Å². The van der Waals surface area contributed by atoms with Gasteiger partial charge in [0.15, 0.2) is 8.32 Å². The number of nitrogens with zero attached hydrogens (tertiary/aromatic N) is 2. The highest BCUT2D eigenvalue weighted by molar-refractivity contribution is 6.71. The zero-order valence-electron chi connectivity index (χ0n) is 29.1. The molecule has 5 rings (SSSR count). The SMILES string of the molecule is CCOc1ccc2c(c1)CC(NCCCCO)C(=O)N2c1ccc(CC[C@@H]2O[C@H](CC(=O)N3CCC[C@H]3CO)[C@@H]([Si](C)(C)O)[C@@H]2C)cc1. The van der Waals surface area contributed by atoms with E-state index in [2.05, 4.69) is 24.4 Å². The fourth-order valence-corrected chi connectivity index (χ4v) is 10.7. The van der Waals surface area contributed by atoms with E-state index < -0.39 is 8.32 Å². The number of aryl methyl sites for hydroxylation is 1. The van der Waals surface area contributed by atoms with Crippen molar-refractivity contribution in [2.45, 2.75) is 108 Å². The van der Waals surface area contributed by atoms with Crippen LogP contribution in [0.3, 0.4) is 0 Å². The molecule has 2 saturated heterocycles. The quantitative estimate of drug-likeness (QED) is 0.162. The molecular weight excluding hydrogens is 627 g/mol. The van der Waals surface area contributed by atoms with Crippen LogP contribution < -0.4 is 15.0 Å². The lowest BCUT2D eigenvalue weighted by Crippen LogP contribution is -2.49. The van der Waals surface area contributed by atoms with E-state index in [9.17, 15) is 24.6 Å². The van der Waals surface area contributed by atoms with Crippen LogP contribution in [0.5, 0.6) is 5.75 Å². The second-order valence-electron chi connectivity index (χ2n) is 14.3. The summed E-state index contributed by atoms with van der Waals surface area (Å²) in [5.74, 6) is 0.911. The molecule has 2 fully saturated rings. The molecule has 2 aromatic rings. The number of carbonyl (C=O) groups is 2. The molecule has 0 aliphatic carbocycles. The Kier molecular flexibility index (Phi) is 12.4. The molecule has 6 atom stereocenters. The molecule has 0 saturated carbocycles. The number of amides is 2. The van der Waals surface area contributed by atoms with Gasteiger partial charge in [-0.2, -0.15) is 0 Å². The second kappa shape index (κ2) is 16.3. The first kappa shape index (κ1) is 36.5. The van der Waals surface area contributed by atoms with E-state index in [0.717, 1.165) is 60.4 Å². The smallest absolute Gasteiger partial charge is 0.249 e. The molecule has 11 heteroatoms. The summed E-state index contributed by atoms with van der Waals surface area (Å²) in [6.45, 7) is 9.99. The van der Waals surface area contributed by atoms with Crippen molar-refractivity contribution in [3.8, 4) is 5.75 Å². The van der Waals surface area contributed by atoms with Gasteiger partial charge in [-0.25, -0.2) is 0 Å². The van der Waals surface area contributed by atoms with E-state index in [0.29, 0.717) is 32.5 Å². The van der Waals surface area contributed by atoms with Crippen molar-refractivity contribution >= 4 is 31.5 Å². The first-order chi connectivity index (χ1) is 23.0. The van der Waals surface area contributed by atoms with Gasteiger partial charge in [-0.3, -0.25) is 14.5 Å². The van der Waals surface area contributed by atoms with Crippen LogP contribution in [0.4, 0.5) is 11.4 Å². The summed E-state index contributed by atoms with van der Waals surface area (Å²) < 4.78 is 12.3. The van der Waals surface area contributed by atoms with Crippen LogP contribution in [0.25, 0.3) is 0 Å². The second-order valence-corrected chi connectivity index (χ2v) is 18.2. The summed E-state index contributed by atoms with van der Waals surface area (Å²) >= 11 is 0. The van der Waals surface area contributed by atoms with Crippen molar-refractivity contribution in [2.75, 3.05) is 37.8 Å². The van der Waals surface area contributed by atoms with Gasteiger partial charge < -0.3 is 34.7 Å². The van der Waals surface area contributed by atoms with Gasteiger partial charge in [0.25, 0.3) is 0 Å². The van der Waals surface area contributed by atoms with Crippen LogP contribution >= 0.6 is 0 Å². The minimum atomic E-state index is -2.63. The van der Waals surface area contributed by atoms with E-state index in [1.807, 2.05) is 50.3 Å². The Labute approximate surface area is 286 Å². The normalized spacial score (nSPS) is 25.9. The van der Waals surface area contributed by atoms with Gasteiger partial charge >= 0.3 is 0 Å². The lowest BCUT2D eigenvalue weighted by molar-refractivity contribution is -0.135. The van der Waals surface area contributed by atoms with E-state index in [-0.39, 0.29) is 67.2 Å². The van der Waals surface area contributed by atoms with Crippen LogP contribution in [0.2, 0.25) is 18.6 Å². The zero-order chi connectivity index (χ0) is 34.4. The third kappa shape index (κ3) is 8.31. The van der Waals surface area contributed by atoms with Crippen molar-refractivity contribution in [2.24, 2.45) is 5.92 Å². The standard InChI is InChI=1S/C37H55N3O7Si/c1-5-46-30-15-16-32-27(21-30)22-31(38-18-6-7-20-41)37(44)40(32)28-13-10-26(11-14-28)12-17-33-25(2)36(48(3,4)45)34(47-33)23-35(43)39-19-8-9-29(39)24-42/h10-11,13-16,21,25,29,31,33-34,36,38,41-42,45H,5-9,12,17-20,22-24H2,1-4H3/t25-,29+,31?,33+,34-,36+/m1/s1. The van der Waals surface area contributed by atoms with Crippen molar-refractivity contribution in [1.82, 2.24) is 10.2 Å². The summed E-state index contributed by atoms with van der Waals surface area (Å²) in [5, 5.41) is 22.3. The maximum atomic E-state index is 13.8. The number of fused-ring (bicyclic) bond motifs is 1. The molecule has 0 bridgehead atoms. The number of carbonyl (C=O) groups excluding carboxylic acids is 2. The molecular formula is C37H55N3O7Si. The van der Waals surface area contributed by atoms with Gasteiger partial charge in [0.2, 0.25) is 11.8 Å². The minimum absolute atomic E-state index is 0.00163. The maximum absolute atomic E-state index is 13.8. The van der Waals surface area contributed by atoms with Crippen molar-refractivity contribution in [1.29, 1.82) is 0 Å². The van der Waals surface area contributed by atoms with Gasteiger partial charge in [0, 0.05) is 24.4 Å². The van der Waals surface area contributed by atoms with Crippen molar-refractivity contribution in [3.05, 3.63) is 53.6 Å². The van der Waals surface area contributed by atoms with Crippen LogP contribution in [-0.2, 0) is 27.2 Å². The molecule has 4 N–H and O–H groups in total. The Hall–Kier alpha value is -2.80. The average Bonchev–Trinajstić information content (AvgIpc) is 3.67. The molecule has 2 aromatic carbocycles. The first-order valence-electron chi connectivity index (χ1n) is 17.9. The monoisotopic (exact) mass is 681 g/mol. The topological polar surface area (TPSA) is 132 Å². The number of unbranched alkanes of at least 4 members (excludes halogenated alkanes) is 1. The Morgan fingerprint density at radius 2 is 1.88 bits per heavy atom. The number of hydrogen-bond acceptors (Lipinski definition) is 8. The number of benzene rings is 2. The lowest BCUT2D eigenvalue weighted by Gasteiger charge is -2.35. The van der Waals surface area contributed by atoms with Crippen LogP contribution in [0.15, 0.2) is 42.5 Å². The molecule has 48 heavy (non-hydrogen) atoms. The van der Waals surface area contributed by atoms with Crippen LogP contribution in [0, 0.1) is 5.92 Å². The number of aliphatic hydroxyl groups is 2. The summed E-state index contributed by atoms with van der Waals surface area (Å²) in [6.07, 6.45) is 5.15. The van der Waals surface area contributed by atoms with Gasteiger partial charge in [0.1, 0.15) is 5.75 Å². The highest BCUT2D eigenvalue weighted by atomic mass is 28.4. The summed E-state index contributed by atoms with van der Waals surface area (Å²) in [4.78, 5) is 41.9. The fourth-order valence-electron chi connectivity index (χ4n) is 8.09. The highest BCUT2D eigenvalue weighted by Gasteiger charge is 2.50. The van der Waals surface area contributed by atoms with Gasteiger partial charge in [0.05, 0.1) is 49.6 Å². The molecule has 10 nitrogen and oxygen atoms in total. The van der Waals surface area contributed by atoms with E-state index >= 15 is 0 Å². The maximum Gasteiger partial charge on any atom is 0.249 e. The molecule has 0 spiro atoms. The number of ether oxygens (including phenoxy) is 2. The molecule has 2 amide bonds. The van der Waals surface area contributed by atoms with Crippen LogP contribution in [-0.4, -0.2) is 97.2 Å². The van der Waals surface area contributed by atoms with Gasteiger partial charge in [-0.05, 0) is 119 Å². The third-order valence-electron chi connectivity index (χ3n) is 10.4. The highest BCUT2D eigenvalue weighted by Crippen LogP contribution is 2.46. The molecule has 0 aromatic heterocycles. The Bertz CT molecular complexity index is 1380. The predicted octanol–water partition coefficient (Wildman–Crippen LogP) is 4.31. The number of rotatable bonds is 15. The molecule has 264 valence electrons. The Morgan fingerprint density at radius 3 is 2.56 bits per heavy atom. The number of aliphatic hydroxyl groups excluding tert-OH is 2. The fraction of sp³-hybridized carbons (Fsp3) is 0.622. The first-order valence-corrected chi connectivity index (χ1v) is 20.9. The summed E-state index contributed by atoms with van der Waals surface area (Å²) in [7, 11) is -2.63. The van der Waals surface area contributed by atoms with Gasteiger partial charge in [-0.15, -0.1) is 0 Å². The predicted molar refractivity (Wildman–Crippen MR) is 189 cm³/mol. The third-order valence-corrected chi connectivity index (χ3v) is 13.0. The summed E-state index contributed by atoms with van der Waals surface area (Å²) in [5.41, 5.74) is 3.79. The van der Waals surface area contributed by atoms with E-state index in [1.54, 1.807) is 9.80 Å². The number of anilines is 2. The molecule has 0 radical (unpaired) electrons. The average molecular weight is 682 g/mol. The summed E-state index contributed by atoms with van der Waals surface area (Å²) in [6, 6.07) is 13.6. The van der Waals surface area contributed by atoms with Crippen molar-refractivity contribution in [3.63, 3.8) is 0 Å². The van der Waals surface area contributed by atoms with Gasteiger partial charge in [-0.1, -0.05) is 19.1 Å². The lowest BCUT2D eigenvalue weighted by atomic mass is 9.94. The largest absolute Gasteiger partial charge is 0.494 e. The molecule has 3 aliphatic rings. The van der Waals surface area contributed by atoms with Crippen molar-refractivity contribution < 1.29 is 34.1 Å². The van der Waals surface area contributed by atoms with E-state index in [4.69, 9.17) is 9.47 Å². The zero-order valence-corrected chi connectivity index (χ0v) is 30.1. The number of hydrogen-bond donors (Lipinski definition) is 4. The minimum Gasteiger partial charge on any atom is -0.494 e. The number of nitrogens with one attached hydrogen (secondary N) is 1. The number of likely N-dealkylation sites (tertiary alicyclic amines) is 1. The molecule has 3 aliphatic heterocycles. The van der Waals surface area contributed by atoms with E-state index in [1.165, 1.54) is 0 Å².